The molecule has 0 saturated heterocycles. The second-order valence-corrected chi connectivity index (χ2v) is 7.47. The number of nitrogens with zero attached hydrogens (tertiary/aromatic N) is 1. The Balaban J connectivity index is 1.62. The average Bonchev–Trinajstić information content (AvgIpc) is 3.31. The minimum Gasteiger partial charge on any atom is -0.361 e. The van der Waals surface area contributed by atoms with Crippen LogP contribution in [-0.4, -0.2) is 39.9 Å². The number of carbonyl (C=O) groups is 2. The molecule has 154 valence electrons. The van der Waals surface area contributed by atoms with Crippen LogP contribution < -0.4 is 10.6 Å². The summed E-state index contributed by atoms with van der Waals surface area (Å²) in [6, 6.07) is 8.47. The summed E-state index contributed by atoms with van der Waals surface area (Å²) in [7, 11) is 0. The number of amides is 2. The van der Waals surface area contributed by atoms with E-state index in [2.05, 4.69) is 49.9 Å². The minimum absolute atomic E-state index is 0.0179. The van der Waals surface area contributed by atoms with E-state index in [1.807, 2.05) is 18.6 Å². The molecule has 0 spiro atoms. The van der Waals surface area contributed by atoms with E-state index >= 15 is 0 Å². The monoisotopic (exact) mass is 403 g/mol. The van der Waals surface area contributed by atoms with Crippen LogP contribution in [0.15, 0.2) is 42.9 Å². The molecule has 0 bridgehead atoms. The molecule has 0 unspecified atom stereocenters. The van der Waals surface area contributed by atoms with Gasteiger partial charge < -0.3 is 20.6 Å². The van der Waals surface area contributed by atoms with Crippen molar-refractivity contribution in [2.75, 3.05) is 13.1 Å². The number of benzene rings is 1. The third-order valence-corrected chi connectivity index (χ3v) is 5.25. The summed E-state index contributed by atoms with van der Waals surface area (Å²) in [5.74, 6) is -0.0431. The molecule has 4 N–H and O–H groups in total. The van der Waals surface area contributed by atoms with E-state index in [4.69, 9.17) is 0 Å². The lowest BCUT2D eigenvalue weighted by Crippen LogP contribution is -2.22. The Morgan fingerprint density at radius 1 is 0.867 bits per heavy atom. The maximum Gasteiger partial charge on any atom is 0.216 e. The molecule has 4 aromatic rings. The Labute approximate surface area is 174 Å². The Morgan fingerprint density at radius 3 is 2.20 bits per heavy atom. The van der Waals surface area contributed by atoms with Crippen LogP contribution in [0.5, 0.6) is 0 Å². The number of rotatable bonds is 7. The van der Waals surface area contributed by atoms with Crippen molar-refractivity contribution >= 4 is 33.8 Å². The Bertz CT molecular complexity index is 1130. The number of pyridine rings is 1. The van der Waals surface area contributed by atoms with E-state index in [1.54, 1.807) is 0 Å². The van der Waals surface area contributed by atoms with Crippen LogP contribution in [-0.2, 0) is 22.4 Å². The van der Waals surface area contributed by atoms with Gasteiger partial charge in [-0.25, -0.2) is 4.98 Å². The second kappa shape index (κ2) is 8.41. The van der Waals surface area contributed by atoms with Gasteiger partial charge in [0, 0.05) is 67.4 Å². The summed E-state index contributed by atoms with van der Waals surface area (Å²) in [5.41, 5.74) is 6.35. The molecule has 2 amide bonds. The van der Waals surface area contributed by atoms with Crippen molar-refractivity contribution in [3.05, 3.63) is 54.0 Å². The minimum atomic E-state index is -0.0252. The molecule has 1 aromatic carbocycles. The van der Waals surface area contributed by atoms with Crippen LogP contribution in [0, 0.1) is 0 Å². The molecule has 4 rings (SSSR count). The first kappa shape index (κ1) is 19.7. The zero-order valence-electron chi connectivity index (χ0n) is 17.1. The fourth-order valence-corrected chi connectivity index (χ4v) is 3.73. The molecule has 3 heterocycles. The van der Waals surface area contributed by atoms with E-state index in [9.17, 15) is 9.59 Å². The summed E-state index contributed by atoms with van der Waals surface area (Å²) >= 11 is 0. The molecular formula is C23H25N5O2. The Morgan fingerprint density at radius 2 is 1.50 bits per heavy atom. The summed E-state index contributed by atoms with van der Waals surface area (Å²) in [6.45, 7) is 4.26. The number of H-pyrrole nitrogens is 2. The van der Waals surface area contributed by atoms with E-state index in [0.29, 0.717) is 13.1 Å². The maximum absolute atomic E-state index is 11.1. The first-order valence-corrected chi connectivity index (χ1v) is 10.1. The highest BCUT2D eigenvalue weighted by atomic mass is 16.1. The van der Waals surface area contributed by atoms with E-state index in [0.717, 1.165) is 51.5 Å². The normalized spacial score (nSPS) is 11.1. The maximum atomic E-state index is 11.1. The average molecular weight is 403 g/mol. The van der Waals surface area contributed by atoms with Gasteiger partial charge in [0.2, 0.25) is 11.8 Å². The zero-order chi connectivity index (χ0) is 21.1. The van der Waals surface area contributed by atoms with Crippen molar-refractivity contribution in [3.8, 4) is 11.1 Å². The van der Waals surface area contributed by atoms with Crippen LogP contribution in [0.25, 0.3) is 33.1 Å². The number of nitrogens with one attached hydrogen (secondary N) is 4. The van der Waals surface area contributed by atoms with Crippen LogP contribution in [0.3, 0.4) is 0 Å². The molecule has 7 heteroatoms. The SMILES string of the molecule is CC(=O)NCCc1c[nH]c2ccc(-c3cnc4[nH]cc(CCNC(C)=O)c4c3)cc12. The lowest BCUT2D eigenvalue weighted by molar-refractivity contribution is -0.119. The lowest BCUT2D eigenvalue weighted by Gasteiger charge is -2.06. The van der Waals surface area contributed by atoms with Crippen LogP contribution in [0.2, 0.25) is 0 Å². The molecular weight excluding hydrogens is 378 g/mol. The molecule has 0 saturated carbocycles. The zero-order valence-corrected chi connectivity index (χ0v) is 17.1. The smallest absolute Gasteiger partial charge is 0.216 e. The number of carbonyl (C=O) groups excluding carboxylic acids is 2. The van der Waals surface area contributed by atoms with Crippen LogP contribution in [0.4, 0.5) is 0 Å². The molecule has 7 nitrogen and oxygen atoms in total. The molecule has 0 atom stereocenters. The third kappa shape index (κ3) is 4.20. The largest absolute Gasteiger partial charge is 0.361 e. The van der Waals surface area contributed by atoms with Gasteiger partial charge in [0.25, 0.3) is 0 Å². The number of hydrogen-bond donors (Lipinski definition) is 4. The Kier molecular flexibility index (Phi) is 5.52. The van der Waals surface area contributed by atoms with Crippen molar-refractivity contribution in [1.82, 2.24) is 25.6 Å². The fourth-order valence-electron chi connectivity index (χ4n) is 3.73. The van der Waals surface area contributed by atoms with Crippen molar-refractivity contribution in [1.29, 1.82) is 0 Å². The highest BCUT2D eigenvalue weighted by molar-refractivity contribution is 5.90. The van der Waals surface area contributed by atoms with Gasteiger partial charge in [-0.2, -0.15) is 0 Å². The van der Waals surface area contributed by atoms with Crippen molar-refractivity contribution in [3.63, 3.8) is 0 Å². The quantitative estimate of drug-likeness (QED) is 0.381. The predicted molar refractivity (Wildman–Crippen MR) is 118 cm³/mol. The number of fused-ring (bicyclic) bond motifs is 2. The second-order valence-electron chi connectivity index (χ2n) is 7.47. The first-order valence-electron chi connectivity index (χ1n) is 10.1. The number of aromatic amines is 2. The van der Waals surface area contributed by atoms with Gasteiger partial charge in [-0.15, -0.1) is 0 Å². The predicted octanol–water partition coefficient (Wildman–Crippen LogP) is 3.07. The van der Waals surface area contributed by atoms with Gasteiger partial charge in [0.15, 0.2) is 0 Å². The highest BCUT2D eigenvalue weighted by Gasteiger charge is 2.10. The molecule has 0 aliphatic heterocycles. The fraction of sp³-hybridized carbons (Fsp3) is 0.261. The summed E-state index contributed by atoms with van der Waals surface area (Å²) in [5, 5.41) is 7.91. The van der Waals surface area contributed by atoms with Gasteiger partial charge >= 0.3 is 0 Å². The summed E-state index contributed by atoms with van der Waals surface area (Å²) in [6.07, 6.45) is 7.35. The topological polar surface area (TPSA) is 103 Å². The number of aromatic nitrogens is 3. The molecule has 0 fully saturated rings. The van der Waals surface area contributed by atoms with Gasteiger partial charge in [-0.05, 0) is 47.7 Å². The van der Waals surface area contributed by atoms with Gasteiger partial charge in [0.05, 0.1) is 0 Å². The molecule has 0 aliphatic rings. The molecule has 0 aliphatic carbocycles. The lowest BCUT2D eigenvalue weighted by atomic mass is 10.0. The first-order chi connectivity index (χ1) is 14.5. The van der Waals surface area contributed by atoms with Crippen LogP contribution >= 0.6 is 0 Å². The van der Waals surface area contributed by atoms with Gasteiger partial charge in [0.1, 0.15) is 5.65 Å². The van der Waals surface area contributed by atoms with E-state index < -0.39 is 0 Å². The number of hydrogen-bond acceptors (Lipinski definition) is 3. The third-order valence-electron chi connectivity index (χ3n) is 5.25. The highest BCUT2D eigenvalue weighted by Crippen LogP contribution is 2.29. The van der Waals surface area contributed by atoms with Crippen molar-refractivity contribution < 1.29 is 9.59 Å². The Hall–Kier alpha value is -3.61. The summed E-state index contributed by atoms with van der Waals surface area (Å²) < 4.78 is 0. The van der Waals surface area contributed by atoms with Crippen LogP contribution in [0.1, 0.15) is 25.0 Å². The van der Waals surface area contributed by atoms with Crippen molar-refractivity contribution in [2.24, 2.45) is 0 Å². The molecule has 3 aromatic heterocycles. The van der Waals surface area contributed by atoms with Gasteiger partial charge in [-0.1, -0.05) is 6.07 Å². The van der Waals surface area contributed by atoms with E-state index in [-0.39, 0.29) is 11.8 Å². The molecule has 30 heavy (non-hydrogen) atoms. The molecule has 0 radical (unpaired) electrons. The van der Waals surface area contributed by atoms with Gasteiger partial charge in [-0.3, -0.25) is 9.59 Å². The van der Waals surface area contributed by atoms with E-state index in [1.165, 1.54) is 19.4 Å². The summed E-state index contributed by atoms with van der Waals surface area (Å²) in [4.78, 5) is 33.4. The van der Waals surface area contributed by atoms with Crippen molar-refractivity contribution in [2.45, 2.75) is 26.7 Å². The standard InChI is InChI=1S/C23H25N5O2/c1-14(29)24-7-5-17-11-26-22-4-3-16(9-20(17)22)19-10-21-18(6-8-25-15(2)30)12-27-23(21)28-13-19/h3-4,9-13,26H,5-8H2,1-2H3,(H,24,29)(H,25,30)(H,27,28).